The van der Waals surface area contributed by atoms with Crippen LogP contribution in [0, 0.1) is 12.7 Å². The van der Waals surface area contributed by atoms with Gasteiger partial charge in [0.1, 0.15) is 17.3 Å². The van der Waals surface area contributed by atoms with Crippen molar-refractivity contribution in [2.75, 3.05) is 6.54 Å². The Balaban J connectivity index is 1.81. The Morgan fingerprint density at radius 3 is 2.56 bits per heavy atom. The van der Waals surface area contributed by atoms with E-state index in [-0.39, 0.29) is 5.82 Å². The SMILES string of the molecule is Cc1ccc(CNCC(O)c2ccc(F)cc2)o1. The molecule has 0 radical (unpaired) electrons. The van der Waals surface area contributed by atoms with Gasteiger partial charge in [0, 0.05) is 6.54 Å². The molecular formula is C14H16FNO2. The second-order valence-electron chi connectivity index (χ2n) is 4.21. The summed E-state index contributed by atoms with van der Waals surface area (Å²) in [5.41, 5.74) is 0.694. The summed E-state index contributed by atoms with van der Waals surface area (Å²) in [6.07, 6.45) is -0.651. The van der Waals surface area contributed by atoms with Gasteiger partial charge in [0.15, 0.2) is 0 Å². The highest BCUT2D eigenvalue weighted by molar-refractivity contribution is 5.18. The number of halogens is 1. The molecule has 0 spiro atoms. The van der Waals surface area contributed by atoms with Gasteiger partial charge in [-0.15, -0.1) is 0 Å². The molecule has 1 aromatic carbocycles. The van der Waals surface area contributed by atoms with Crippen LogP contribution < -0.4 is 5.32 Å². The van der Waals surface area contributed by atoms with Crippen LogP contribution in [0.4, 0.5) is 4.39 Å². The summed E-state index contributed by atoms with van der Waals surface area (Å²) in [6, 6.07) is 9.64. The molecular weight excluding hydrogens is 233 g/mol. The quantitative estimate of drug-likeness (QED) is 0.856. The van der Waals surface area contributed by atoms with Gasteiger partial charge in [-0.3, -0.25) is 0 Å². The number of aryl methyl sites for hydroxylation is 1. The number of nitrogens with one attached hydrogen (secondary N) is 1. The van der Waals surface area contributed by atoms with Crippen LogP contribution in [-0.2, 0) is 6.54 Å². The fraction of sp³-hybridized carbons (Fsp3) is 0.286. The van der Waals surface area contributed by atoms with Crippen molar-refractivity contribution in [3.05, 3.63) is 59.3 Å². The minimum Gasteiger partial charge on any atom is -0.465 e. The summed E-state index contributed by atoms with van der Waals surface area (Å²) >= 11 is 0. The maximum Gasteiger partial charge on any atom is 0.123 e. The Morgan fingerprint density at radius 1 is 1.22 bits per heavy atom. The van der Waals surface area contributed by atoms with Crippen molar-refractivity contribution in [2.45, 2.75) is 19.6 Å². The van der Waals surface area contributed by atoms with Crippen molar-refractivity contribution in [3.8, 4) is 0 Å². The van der Waals surface area contributed by atoms with E-state index in [0.717, 1.165) is 11.5 Å². The van der Waals surface area contributed by atoms with Crippen molar-refractivity contribution in [2.24, 2.45) is 0 Å². The number of rotatable bonds is 5. The highest BCUT2D eigenvalue weighted by Crippen LogP contribution is 2.13. The molecule has 0 saturated heterocycles. The topological polar surface area (TPSA) is 45.4 Å². The number of furan rings is 1. The first kappa shape index (κ1) is 12.8. The summed E-state index contributed by atoms with van der Waals surface area (Å²) in [5, 5.41) is 13.0. The van der Waals surface area contributed by atoms with Crippen molar-refractivity contribution in [1.29, 1.82) is 0 Å². The lowest BCUT2D eigenvalue weighted by Crippen LogP contribution is -2.20. The lowest BCUT2D eigenvalue weighted by molar-refractivity contribution is 0.173. The van der Waals surface area contributed by atoms with Crippen LogP contribution in [0.1, 0.15) is 23.2 Å². The zero-order chi connectivity index (χ0) is 13.0. The summed E-state index contributed by atoms with van der Waals surface area (Å²) in [6.45, 7) is 2.84. The standard InChI is InChI=1S/C14H16FNO2/c1-10-2-7-13(18-10)8-16-9-14(17)11-3-5-12(15)6-4-11/h2-7,14,16-17H,8-9H2,1H3. The fourth-order valence-electron chi connectivity index (χ4n) is 1.72. The molecule has 0 amide bonds. The average Bonchev–Trinajstić information content (AvgIpc) is 2.76. The summed E-state index contributed by atoms with van der Waals surface area (Å²) in [4.78, 5) is 0. The largest absolute Gasteiger partial charge is 0.465 e. The van der Waals surface area contributed by atoms with Crippen LogP contribution in [0.25, 0.3) is 0 Å². The maximum atomic E-state index is 12.7. The van der Waals surface area contributed by atoms with Crippen molar-refractivity contribution in [3.63, 3.8) is 0 Å². The van der Waals surface area contributed by atoms with Gasteiger partial charge in [-0.2, -0.15) is 0 Å². The third-order valence-electron chi connectivity index (χ3n) is 2.69. The molecule has 2 aromatic rings. The molecule has 1 heterocycles. The van der Waals surface area contributed by atoms with Gasteiger partial charge in [-0.05, 0) is 36.8 Å². The molecule has 1 atom stereocenters. The Hall–Kier alpha value is -1.65. The maximum absolute atomic E-state index is 12.7. The lowest BCUT2D eigenvalue weighted by atomic mass is 10.1. The smallest absolute Gasteiger partial charge is 0.123 e. The molecule has 1 unspecified atom stereocenters. The van der Waals surface area contributed by atoms with E-state index in [4.69, 9.17) is 4.42 Å². The molecule has 0 aliphatic carbocycles. The molecule has 0 aliphatic heterocycles. The molecule has 1 aromatic heterocycles. The van der Waals surface area contributed by atoms with Crippen LogP contribution in [0.15, 0.2) is 40.8 Å². The minimum atomic E-state index is -0.651. The Bertz CT molecular complexity index is 493. The predicted octanol–water partition coefficient (Wildman–Crippen LogP) is 2.55. The number of hydrogen-bond acceptors (Lipinski definition) is 3. The summed E-state index contributed by atoms with van der Waals surface area (Å²) in [7, 11) is 0. The highest BCUT2D eigenvalue weighted by Gasteiger charge is 2.07. The third kappa shape index (κ3) is 3.42. The molecule has 3 nitrogen and oxygen atoms in total. The van der Waals surface area contributed by atoms with Crippen LogP contribution in [0.3, 0.4) is 0 Å². The van der Waals surface area contributed by atoms with Gasteiger partial charge in [0.2, 0.25) is 0 Å². The number of aliphatic hydroxyl groups is 1. The minimum absolute atomic E-state index is 0.301. The van der Waals surface area contributed by atoms with E-state index in [2.05, 4.69) is 5.32 Å². The van der Waals surface area contributed by atoms with E-state index in [9.17, 15) is 9.50 Å². The first-order chi connectivity index (χ1) is 8.65. The highest BCUT2D eigenvalue weighted by atomic mass is 19.1. The first-order valence-electron chi connectivity index (χ1n) is 5.85. The molecule has 0 aliphatic rings. The molecule has 0 fully saturated rings. The molecule has 96 valence electrons. The Labute approximate surface area is 105 Å². The van der Waals surface area contributed by atoms with Crippen molar-refractivity contribution < 1.29 is 13.9 Å². The van der Waals surface area contributed by atoms with Gasteiger partial charge in [0.25, 0.3) is 0 Å². The van der Waals surface area contributed by atoms with Crippen LogP contribution in [0.2, 0.25) is 0 Å². The monoisotopic (exact) mass is 249 g/mol. The fourth-order valence-corrected chi connectivity index (χ4v) is 1.72. The van der Waals surface area contributed by atoms with E-state index >= 15 is 0 Å². The molecule has 0 bridgehead atoms. The molecule has 4 heteroatoms. The molecule has 18 heavy (non-hydrogen) atoms. The zero-order valence-electron chi connectivity index (χ0n) is 10.2. The van der Waals surface area contributed by atoms with E-state index in [0.29, 0.717) is 18.7 Å². The molecule has 0 saturated carbocycles. The molecule has 2 N–H and O–H groups in total. The second-order valence-corrected chi connectivity index (χ2v) is 4.21. The van der Waals surface area contributed by atoms with Gasteiger partial charge < -0.3 is 14.8 Å². The van der Waals surface area contributed by atoms with E-state index in [1.54, 1.807) is 12.1 Å². The van der Waals surface area contributed by atoms with Crippen molar-refractivity contribution >= 4 is 0 Å². The molecule has 2 rings (SSSR count). The van der Waals surface area contributed by atoms with Gasteiger partial charge in [0.05, 0.1) is 12.6 Å². The van der Waals surface area contributed by atoms with Crippen LogP contribution >= 0.6 is 0 Å². The van der Waals surface area contributed by atoms with Gasteiger partial charge in [-0.25, -0.2) is 4.39 Å². The zero-order valence-corrected chi connectivity index (χ0v) is 10.2. The van der Waals surface area contributed by atoms with Crippen LogP contribution in [-0.4, -0.2) is 11.7 Å². The van der Waals surface area contributed by atoms with E-state index in [1.807, 2.05) is 19.1 Å². The van der Waals surface area contributed by atoms with Gasteiger partial charge in [-0.1, -0.05) is 12.1 Å². The van der Waals surface area contributed by atoms with Gasteiger partial charge >= 0.3 is 0 Å². The lowest BCUT2D eigenvalue weighted by Gasteiger charge is -2.11. The van der Waals surface area contributed by atoms with Crippen molar-refractivity contribution in [1.82, 2.24) is 5.32 Å². The Kier molecular flexibility index (Phi) is 4.12. The summed E-state index contributed by atoms with van der Waals surface area (Å²) in [5.74, 6) is 1.40. The first-order valence-corrected chi connectivity index (χ1v) is 5.85. The number of aliphatic hydroxyl groups excluding tert-OH is 1. The second kappa shape index (κ2) is 5.80. The Morgan fingerprint density at radius 2 is 1.94 bits per heavy atom. The van der Waals surface area contributed by atoms with E-state index in [1.165, 1.54) is 12.1 Å². The number of benzene rings is 1. The number of hydrogen-bond donors (Lipinski definition) is 2. The third-order valence-corrected chi connectivity index (χ3v) is 2.69. The normalized spacial score (nSPS) is 12.6. The average molecular weight is 249 g/mol. The predicted molar refractivity (Wildman–Crippen MR) is 66.5 cm³/mol. The summed E-state index contributed by atoms with van der Waals surface area (Å²) < 4.78 is 18.1. The van der Waals surface area contributed by atoms with E-state index < -0.39 is 6.10 Å². The van der Waals surface area contributed by atoms with Crippen LogP contribution in [0.5, 0.6) is 0 Å².